The molecule has 0 bridgehead atoms. The Morgan fingerprint density at radius 2 is 2.00 bits per heavy atom. The highest BCUT2D eigenvalue weighted by molar-refractivity contribution is 5.30. The van der Waals surface area contributed by atoms with Crippen molar-refractivity contribution in [1.82, 2.24) is 14.7 Å². The van der Waals surface area contributed by atoms with Crippen LogP contribution in [0.25, 0.3) is 0 Å². The second-order valence-electron chi connectivity index (χ2n) is 7.09. The minimum absolute atomic E-state index is 0.0571. The summed E-state index contributed by atoms with van der Waals surface area (Å²) in [4.78, 5) is 2.51. The van der Waals surface area contributed by atoms with Crippen molar-refractivity contribution in [2.24, 2.45) is 12.8 Å². The molecule has 1 fully saturated rings. The summed E-state index contributed by atoms with van der Waals surface area (Å²) in [6.45, 7) is 12.2. The average Bonchev–Trinajstić information content (AvgIpc) is 2.80. The summed E-state index contributed by atoms with van der Waals surface area (Å²) in [7, 11) is 2.00. The smallest absolute Gasteiger partial charge is 0.0726 e. The van der Waals surface area contributed by atoms with E-state index in [1.807, 2.05) is 11.7 Å². The van der Waals surface area contributed by atoms with Gasteiger partial charge in [-0.25, -0.2) is 0 Å². The maximum atomic E-state index is 6.38. The van der Waals surface area contributed by atoms with E-state index in [0.29, 0.717) is 12.1 Å². The highest BCUT2D eigenvalue weighted by Gasteiger charge is 2.38. The molecule has 0 aliphatic carbocycles. The molecule has 2 heterocycles. The Bertz CT molecular complexity index is 441. The van der Waals surface area contributed by atoms with Crippen LogP contribution in [0, 0.1) is 0 Å². The molecule has 1 saturated heterocycles. The molecule has 0 saturated carbocycles. The van der Waals surface area contributed by atoms with Gasteiger partial charge >= 0.3 is 0 Å². The van der Waals surface area contributed by atoms with Gasteiger partial charge in [-0.3, -0.25) is 9.58 Å². The Hall–Kier alpha value is -0.870. The summed E-state index contributed by atoms with van der Waals surface area (Å²) in [5.74, 6) is 0. The van der Waals surface area contributed by atoms with Gasteiger partial charge in [-0.2, -0.15) is 5.10 Å². The van der Waals surface area contributed by atoms with Crippen molar-refractivity contribution in [2.45, 2.75) is 64.6 Å². The van der Waals surface area contributed by atoms with Gasteiger partial charge in [0.1, 0.15) is 0 Å². The molecule has 0 radical (unpaired) electrons. The summed E-state index contributed by atoms with van der Waals surface area (Å²) in [5, 5.41) is 4.69. The third-order valence-electron chi connectivity index (χ3n) is 4.03. The Labute approximate surface area is 117 Å². The van der Waals surface area contributed by atoms with Gasteiger partial charge in [-0.15, -0.1) is 0 Å². The second kappa shape index (κ2) is 4.91. The van der Waals surface area contributed by atoms with E-state index >= 15 is 0 Å². The maximum absolute atomic E-state index is 6.38. The monoisotopic (exact) mass is 264 g/mol. The van der Waals surface area contributed by atoms with E-state index in [0.717, 1.165) is 13.0 Å². The van der Waals surface area contributed by atoms with E-state index in [2.05, 4.69) is 50.8 Å². The molecular weight excluding hydrogens is 236 g/mol. The summed E-state index contributed by atoms with van der Waals surface area (Å²) >= 11 is 0. The van der Waals surface area contributed by atoms with Crippen molar-refractivity contribution in [3.8, 4) is 0 Å². The quantitative estimate of drug-likeness (QED) is 0.891. The van der Waals surface area contributed by atoms with E-state index in [9.17, 15) is 0 Å². The molecule has 2 N–H and O–H groups in total. The van der Waals surface area contributed by atoms with Crippen molar-refractivity contribution in [3.05, 3.63) is 17.5 Å². The molecule has 1 aromatic rings. The van der Waals surface area contributed by atoms with Crippen LogP contribution in [0.15, 0.2) is 6.20 Å². The van der Waals surface area contributed by atoms with Gasteiger partial charge in [0.25, 0.3) is 0 Å². The largest absolute Gasteiger partial charge is 0.326 e. The number of nitrogens with two attached hydrogens (primary N) is 1. The number of hydrogen-bond acceptors (Lipinski definition) is 3. The molecule has 1 aliphatic rings. The van der Waals surface area contributed by atoms with Gasteiger partial charge in [0.15, 0.2) is 0 Å². The van der Waals surface area contributed by atoms with E-state index < -0.39 is 0 Å². The van der Waals surface area contributed by atoms with Crippen LogP contribution in [0.3, 0.4) is 0 Å². The lowest BCUT2D eigenvalue weighted by Crippen LogP contribution is -2.37. The van der Waals surface area contributed by atoms with Crippen molar-refractivity contribution in [2.75, 3.05) is 6.54 Å². The van der Waals surface area contributed by atoms with Gasteiger partial charge in [0.05, 0.1) is 11.7 Å². The molecule has 0 spiro atoms. The summed E-state index contributed by atoms with van der Waals surface area (Å²) in [6.07, 6.45) is 3.23. The van der Waals surface area contributed by atoms with Gasteiger partial charge in [-0.05, 0) is 20.3 Å². The molecule has 4 heteroatoms. The van der Waals surface area contributed by atoms with Gasteiger partial charge in [-0.1, -0.05) is 20.8 Å². The maximum Gasteiger partial charge on any atom is 0.0726 e. The summed E-state index contributed by atoms with van der Waals surface area (Å²) in [6, 6.07) is 1.04. The lowest BCUT2D eigenvalue weighted by atomic mass is 9.86. The van der Waals surface area contributed by atoms with Crippen LogP contribution in [-0.4, -0.2) is 33.3 Å². The van der Waals surface area contributed by atoms with Crippen molar-refractivity contribution in [1.29, 1.82) is 0 Å². The fraction of sp³-hybridized carbons (Fsp3) is 0.800. The molecule has 0 amide bonds. The van der Waals surface area contributed by atoms with E-state index in [1.165, 1.54) is 11.3 Å². The number of aromatic nitrogens is 2. The van der Waals surface area contributed by atoms with Crippen LogP contribution >= 0.6 is 0 Å². The Morgan fingerprint density at radius 3 is 2.53 bits per heavy atom. The molecule has 4 nitrogen and oxygen atoms in total. The highest BCUT2D eigenvalue weighted by Crippen LogP contribution is 2.37. The number of aryl methyl sites for hydroxylation is 1. The highest BCUT2D eigenvalue weighted by atomic mass is 15.3. The molecule has 2 rings (SSSR count). The first-order chi connectivity index (χ1) is 8.71. The van der Waals surface area contributed by atoms with Gasteiger partial charge in [0, 0.05) is 42.9 Å². The zero-order valence-electron chi connectivity index (χ0n) is 13.1. The van der Waals surface area contributed by atoms with Crippen LogP contribution in [0.1, 0.15) is 58.3 Å². The second-order valence-corrected chi connectivity index (χ2v) is 7.09. The third-order valence-corrected chi connectivity index (χ3v) is 4.03. The van der Waals surface area contributed by atoms with Crippen molar-refractivity contribution < 1.29 is 0 Å². The van der Waals surface area contributed by atoms with Crippen molar-refractivity contribution in [3.63, 3.8) is 0 Å². The number of rotatable bonds is 2. The standard InChI is InChI=1S/C15H28N4/c1-10(2)19-8-7-12(16)13(19)11-9-18(6)17-14(11)15(3,4)5/h9-10,12-13H,7-8,16H2,1-6H3. The zero-order chi connectivity index (χ0) is 14.4. The summed E-state index contributed by atoms with van der Waals surface area (Å²) < 4.78 is 1.93. The number of likely N-dealkylation sites (tertiary alicyclic amines) is 1. The molecule has 2 atom stereocenters. The summed E-state index contributed by atoms with van der Waals surface area (Å²) in [5.41, 5.74) is 8.94. The molecule has 2 unspecified atom stereocenters. The number of hydrogen-bond donors (Lipinski definition) is 1. The van der Waals surface area contributed by atoms with Crippen LogP contribution in [0.2, 0.25) is 0 Å². The first-order valence-electron chi connectivity index (χ1n) is 7.27. The lowest BCUT2D eigenvalue weighted by Gasteiger charge is -2.31. The van der Waals surface area contributed by atoms with E-state index in [1.54, 1.807) is 0 Å². The lowest BCUT2D eigenvalue weighted by molar-refractivity contribution is 0.196. The molecule has 19 heavy (non-hydrogen) atoms. The Morgan fingerprint density at radius 1 is 1.37 bits per heavy atom. The zero-order valence-corrected chi connectivity index (χ0v) is 13.1. The van der Waals surface area contributed by atoms with Crippen LogP contribution in [0.5, 0.6) is 0 Å². The van der Waals surface area contributed by atoms with Crippen LogP contribution in [-0.2, 0) is 12.5 Å². The molecule has 1 aromatic heterocycles. The first kappa shape index (κ1) is 14.5. The van der Waals surface area contributed by atoms with Crippen LogP contribution < -0.4 is 5.73 Å². The minimum atomic E-state index is 0.0571. The fourth-order valence-corrected chi connectivity index (χ4v) is 3.14. The van der Waals surface area contributed by atoms with Crippen molar-refractivity contribution >= 4 is 0 Å². The SMILES string of the molecule is CC(C)N1CCC(N)C1c1cn(C)nc1C(C)(C)C. The third kappa shape index (κ3) is 2.70. The normalized spacial score (nSPS) is 25.5. The molecular formula is C15H28N4. The molecule has 0 aromatic carbocycles. The van der Waals surface area contributed by atoms with Gasteiger partial charge in [0.2, 0.25) is 0 Å². The molecule has 108 valence electrons. The average molecular weight is 264 g/mol. The van der Waals surface area contributed by atoms with E-state index in [4.69, 9.17) is 5.73 Å². The van der Waals surface area contributed by atoms with Gasteiger partial charge < -0.3 is 5.73 Å². The Balaban J connectivity index is 2.45. The van der Waals surface area contributed by atoms with E-state index in [-0.39, 0.29) is 11.5 Å². The predicted molar refractivity (Wildman–Crippen MR) is 79.1 cm³/mol. The minimum Gasteiger partial charge on any atom is -0.326 e. The molecule has 1 aliphatic heterocycles. The van der Waals surface area contributed by atoms with Crippen LogP contribution in [0.4, 0.5) is 0 Å². The fourth-order valence-electron chi connectivity index (χ4n) is 3.14. The topological polar surface area (TPSA) is 47.1 Å². The first-order valence-corrected chi connectivity index (χ1v) is 7.27. The number of nitrogens with zero attached hydrogens (tertiary/aromatic N) is 3. The predicted octanol–water partition coefficient (Wildman–Crippen LogP) is 2.20. The Kier molecular flexibility index (Phi) is 3.76.